The molecule has 3 aromatic rings. The topological polar surface area (TPSA) is 136 Å². The number of carbonyl (C=O) groups excluding carboxylic acids is 1. The first kappa shape index (κ1) is 20.9. The summed E-state index contributed by atoms with van der Waals surface area (Å²) in [6, 6.07) is 13.3. The van der Waals surface area contributed by atoms with E-state index in [1.807, 2.05) is 31.2 Å². The van der Waals surface area contributed by atoms with Gasteiger partial charge in [0, 0.05) is 11.3 Å². The first-order valence-corrected chi connectivity index (χ1v) is 11.0. The summed E-state index contributed by atoms with van der Waals surface area (Å²) in [5, 5.41) is 2.67. The van der Waals surface area contributed by atoms with Crippen molar-refractivity contribution in [1.82, 2.24) is 14.7 Å². The molecule has 0 aliphatic carbocycles. The van der Waals surface area contributed by atoms with Gasteiger partial charge in [-0.15, -0.1) is 0 Å². The summed E-state index contributed by atoms with van der Waals surface area (Å²) in [5.74, 6) is -0.543. The molecule has 0 radical (unpaired) electrons. The Balaban J connectivity index is 1.50. The Morgan fingerprint density at radius 2 is 1.77 bits per heavy atom. The zero-order chi connectivity index (χ0) is 22.0. The van der Waals surface area contributed by atoms with Gasteiger partial charge in [0.25, 0.3) is 5.91 Å². The van der Waals surface area contributed by atoms with Crippen molar-refractivity contribution >= 4 is 27.4 Å². The van der Waals surface area contributed by atoms with Crippen LogP contribution in [0.25, 0.3) is 11.3 Å². The van der Waals surface area contributed by atoms with Crippen LogP contribution in [0.3, 0.4) is 0 Å². The number of nitrogens with zero attached hydrogens (tertiary/aromatic N) is 2. The third kappa shape index (κ3) is 4.71. The number of sulfonamides is 1. The second kappa shape index (κ2) is 8.42. The molecule has 0 atom stereocenters. The van der Waals surface area contributed by atoms with Crippen LogP contribution < -0.4 is 15.8 Å². The SMILES string of the molecule is Cc1ccc(-c2cnc(N)c(C(=O)Nc3ccc(S(=O)(=O)NC4COC4)cc3)n2)cc1. The number of aryl methyl sites for hydroxylation is 1. The highest BCUT2D eigenvalue weighted by Gasteiger charge is 2.25. The van der Waals surface area contributed by atoms with Crippen molar-refractivity contribution < 1.29 is 17.9 Å². The molecule has 10 heteroatoms. The molecular weight excluding hydrogens is 418 g/mol. The molecule has 4 N–H and O–H groups in total. The van der Waals surface area contributed by atoms with Crippen LogP contribution in [-0.4, -0.2) is 43.5 Å². The zero-order valence-corrected chi connectivity index (χ0v) is 17.5. The third-order valence-electron chi connectivity index (χ3n) is 4.75. The van der Waals surface area contributed by atoms with Gasteiger partial charge < -0.3 is 15.8 Å². The fourth-order valence-electron chi connectivity index (χ4n) is 2.93. The highest BCUT2D eigenvalue weighted by molar-refractivity contribution is 7.89. The molecule has 0 saturated carbocycles. The lowest BCUT2D eigenvalue weighted by Gasteiger charge is -2.26. The summed E-state index contributed by atoms with van der Waals surface area (Å²) in [6.07, 6.45) is 1.51. The van der Waals surface area contributed by atoms with E-state index in [1.54, 1.807) is 0 Å². The first-order chi connectivity index (χ1) is 14.8. The van der Waals surface area contributed by atoms with E-state index in [-0.39, 0.29) is 22.4 Å². The van der Waals surface area contributed by atoms with Gasteiger partial charge in [-0.1, -0.05) is 29.8 Å². The smallest absolute Gasteiger partial charge is 0.278 e. The monoisotopic (exact) mass is 439 g/mol. The lowest BCUT2D eigenvalue weighted by molar-refractivity contribution is 0.00482. The van der Waals surface area contributed by atoms with Gasteiger partial charge in [-0.3, -0.25) is 4.79 Å². The van der Waals surface area contributed by atoms with Crippen molar-refractivity contribution in [3.8, 4) is 11.3 Å². The van der Waals surface area contributed by atoms with E-state index < -0.39 is 15.9 Å². The van der Waals surface area contributed by atoms with Crippen molar-refractivity contribution in [1.29, 1.82) is 0 Å². The van der Waals surface area contributed by atoms with Gasteiger partial charge in [0.15, 0.2) is 11.5 Å². The molecule has 2 heterocycles. The largest absolute Gasteiger partial charge is 0.382 e. The number of hydrogen-bond acceptors (Lipinski definition) is 7. The summed E-state index contributed by atoms with van der Waals surface area (Å²) >= 11 is 0. The molecule has 1 aromatic heterocycles. The number of carbonyl (C=O) groups is 1. The number of nitrogen functional groups attached to an aromatic ring is 1. The molecule has 1 fully saturated rings. The number of ether oxygens (including phenoxy) is 1. The molecule has 31 heavy (non-hydrogen) atoms. The fraction of sp³-hybridized carbons (Fsp3) is 0.190. The second-order valence-electron chi connectivity index (χ2n) is 7.19. The van der Waals surface area contributed by atoms with Gasteiger partial charge in [-0.2, -0.15) is 0 Å². The molecule has 1 aliphatic heterocycles. The number of rotatable bonds is 6. The minimum absolute atomic E-state index is 0.000484. The predicted molar refractivity (Wildman–Crippen MR) is 116 cm³/mol. The maximum atomic E-state index is 12.7. The Labute approximate surface area is 179 Å². The van der Waals surface area contributed by atoms with E-state index >= 15 is 0 Å². The van der Waals surface area contributed by atoms with Gasteiger partial charge in [-0.05, 0) is 31.2 Å². The van der Waals surface area contributed by atoms with Gasteiger partial charge in [0.2, 0.25) is 10.0 Å². The van der Waals surface area contributed by atoms with Crippen LogP contribution in [0.1, 0.15) is 16.1 Å². The maximum Gasteiger partial charge on any atom is 0.278 e. The van der Waals surface area contributed by atoms with Crippen LogP contribution in [0.2, 0.25) is 0 Å². The highest BCUT2D eigenvalue weighted by atomic mass is 32.2. The second-order valence-corrected chi connectivity index (χ2v) is 8.90. The summed E-state index contributed by atoms with van der Waals surface area (Å²) in [4.78, 5) is 21.2. The van der Waals surface area contributed by atoms with E-state index in [2.05, 4.69) is 20.0 Å². The number of amides is 1. The lowest BCUT2D eigenvalue weighted by atomic mass is 10.1. The Bertz CT molecular complexity index is 1210. The quantitative estimate of drug-likeness (QED) is 0.534. The van der Waals surface area contributed by atoms with Crippen molar-refractivity contribution in [2.24, 2.45) is 0 Å². The van der Waals surface area contributed by atoms with Crippen molar-refractivity contribution in [2.45, 2.75) is 17.9 Å². The number of hydrogen-bond donors (Lipinski definition) is 3. The summed E-state index contributed by atoms with van der Waals surface area (Å²) in [6.45, 7) is 2.70. The van der Waals surface area contributed by atoms with Crippen LogP contribution in [0.4, 0.5) is 11.5 Å². The average molecular weight is 439 g/mol. The zero-order valence-electron chi connectivity index (χ0n) is 16.7. The number of aromatic nitrogens is 2. The van der Waals surface area contributed by atoms with E-state index in [0.717, 1.165) is 11.1 Å². The Morgan fingerprint density at radius 1 is 1.10 bits per heavy atom. The number of benzene rings is 2. The van der Waals surface area contributed by atoms with Crippen molar-refractivity contribution in [3.05, 3.63) is 66.0 Å². The Morgan fingerprint density at radius 3 is 2.39 bits per heavy atom. The predicted octanol–water partition coefficient (Wildman–Crippen LogP) is 1.96. The molecule has 4 rings (SSSR count). The molecule has 1 aliphatic rings. The molecule has 0 bridgehead atoms. The van der Waals surface area contributed by atoms with Crippen LogP contribution in [0.5, 0.6) is 0 Å². The third-order valence-corrected chi connectivity index (χ3v) is 6.28. The van der Waals surface area contributed by atoms with Gasteiger partial charge in [0.1, 0.15) is 0 Å². The highest BCUT2D eigenvalue weighted by Crippen LogP contribution is 2.21. The number of nitrogens with one attached hydrogen (secondary N) is 2. The molecule has 2 aromatic carbocycles. The lowest BCUT2D eigenvalue weighted by Crippen LogP contribution is -2.48. The summed E-state index contributed by atoms with van der Waals surface area (Å²) < 4.78 is 32.2. The van der Waals surface area contributed by atoms with Gasteiger partial charge >= 0.3 is 0 Å². The molecule has 160 valence electrons. The van der Waals surface area contributed by atoms with Crippen LogP contribution >= 0.6 is 0 Å². The molecule has 0 spiro atoms. The van der Waals surface area contributed by atoms with E-state index in [1.165, 1.54) is 30.5 Å². The maximum absolute atomic E-state index is 12.7. The Kier molecular flexibility index (Phi) is 5.68. The Hall–Kier alpha value is -3.34. The van der Waals surface area contributed by atoms with Crippen molar-refractivity contribution in [2.75, 3.05) is 24.3 Å². The molecule has 1 saturated heterocycles. The minimum atomic E-state index is -3.65. The average Bonchev–Trinajstić information content (AvgIpc) is 2.72. The fourth-order valence-corrected chi connectivity index (χ4v) is 4.13. The normalized spacial score (nSPS) is 14.1. The number of nitrogens with two attached hydrogens (primary N) is 1. The van der Waals surface area contributed by atoms with Gasteiger partial charge in [-0.25, -0.2) is 23.1 Å². The summed E-state index contributed by atoms with van der Waals surface area (Å²) in [7, 11) is -3.65. The van der Waals surface area contributed by atoms with Crippen LogP contribution in [0, 0.1) is 6.92 Å². The van der Waals surface area contributed by atoms with Crippen LogP contribution in [-0.2, 0) is 14.8 Å². The molecule has 1 amide bonds. The van der Waals surface area contributed by atoms with Crippen molar-refractivity contribution in [3.63, 3.8) is 0 Å². The summed E-state index contributed by atoms with van der Waals surface area (Å²) in [5.41, 5.74) is 8.68. The van der Waals surface area contributed by atoms with Crippen LogP contribution in [0.15, 0.2) is 59.6 Å². The van der Waals surface area contributed by atoms with E-state index in [0.29, 0.717) is 24.6 Å². The standard InChI is InChI=1S/C21H21N5O4S/c1-13-2-4-14(5-3-13)18-10-23-20(22)19(25-18)21(27)24-15-6-8-17(9-7-15)31(28,29)26-16-11-30-12-16/h2-10,16,26H,11-12H2,1H3,(H2,22,23)(H,24,27). The molecular formula is C21H21N5O4S. The van der Waals surface area contributed by atoms with E-state index in [4.69, 9.17) is 10.5 Å². The first-order valence-electron chi connectivity index (χ1n) is 9.53. The molecule has 0 unspecified atom stereocenters. The number of anilines is 2. The van der Waals surface area contributed by atoms with E-state index in [9.17, 15) is 13.2 Å². The minimum Gasteiger partial charge on any atom is -0.382 e. The van der Waals surface area contributed by atoms with Gasteiger partial charge in [0.05, 0.1) is 36.0 Å². The molecule has 9 nitrogen and oxygen atoms in total.